The molecule has 0 saturated carbocycles. The number of rotatable bonds is 12. The van der Waals surface area contributed by atoms with Gasteiger partial charge in [0.05, 0.1) is 6.10 Å². The third kappa shape index (κ3) is 5.79. The van der Waals surface area contributed by atoms with Gasteiger partial charge in [-0.1, -0.05) is 57.7 Å². The fourth-order valence-electron chi connectivity index (χ4n) is 2.71. The number of aromatic hydroxyl groups is 1. The summed E-state index contributed by atoms with van der Waals surface area (Å²) in [6.45, 7) is 7.27. The molecule has 0 bridgehead atoms. The molecule has 132 valence electrons. The molecule has 0 saturated heterocycles. The van der Waals surface area contributed by atoms with Gasteiger partial charge >= 0.3 is 0 Å². The van der Waals surface area contributed by atoms with Gasteiger partial charge in [-0.15, -0.1) is 0 Å². The maximum atomic E-state index is 10.4. The number of nitrogens with one attached hydrogen (secondary N) is 1. The molecule has 3 N–H and O–H groups in total. The first-order valence-electron chi connectivity index (χ1n) is 8.94. The van der Waals surface area contributed by atoms with E-state index in [9.17, 15) is 10.2 Å². The first-order chi connectivity index (χ1) is 11.1. The van der Waals surface area contributed by atoms with Gasteiger partial charge in [-0.2, -0.15) is 0 Å². The molecule has 1 aromatic rings. The molecular formula is C19H33NO3. The molecule has 0 aliphatic heterocycles. The van der Waals surface area contributed by atoms with Gasteiger partial charge in [0.1, 0.15) is 5.75 Å². The molecule has 2 unspecified atom stereocenters. The van der Waals surface area contributed by atoms with Crippen molar-refractivity contribution >= 4 is 0 Å². The highest BCUT2D eigenvalue weighted by Crippen LogP contribution is 2.33. The largest absolute Gasteiger partial charge is 0.508 e. The van der Waals surface area contributed by atoms with Gasteiger partial charge in [-0.25, -0.2) is 0 Å². The first kappa shape index (κ1) is 19.9. The SMILES string of the molecule is CCCCCCNC(OCCCC)(c1ccccc1O)C(C)O. The molecule has 0 fully saturated rings. The number of phenolic OH excluding ortho intramolecular Hbond substituents is 1. The summed E-state index contributed by atoms with van der Waals surface area (Å²) in [6, 6.07) is 7.08. The van der Waals surface area contributed by atoms with E-state index in [1.165, 1.54) is 12.8 Å². The van der Waals surface area contributed by atoms with Crippen LogP contribution in [-0.2, 0) is 10.5 Å². The third-order valence-corrected chi connectivity index (χ3v) is 4.14. The number of phenols is 1. The normalized spacial score (nSPS) is 15.3. The number of hydrogen-bond donors (Lipinski definition) is 3. The molecule has 23 heavy (non-hydrogen) atoms. The lowest BCUT2D eigenvalue weighted by atomic mass is 9.95. The molecule has 0 aliphatic rings. The van der Waals surface area contributed by atoms with E-state index < -0.39 is 11.8 Å². The topological polar surface area (TPSA) is 61.7 Å². The van der Waals surface area contributed by atoms with Gasteiger partial charge < -0.3 is 14.9 Å². The van der Waals surface area contributed by atoms with Crippen LogP contribution in [0.25, 0.3) is 0 Å². The highest BCUT2D eigenvalue weighted by Gasteiger charge is 2.39. The Morgan fingerprint density at radius 1 is 1.09 bits per heavy atom. The number of ether oxygens (including phenoxy) is 1. The number of aliphatic hydroxyl groups is 1. The zero-order chi connectivity index (χ0) is 17.1. The van der Waals surface area contributed by atoms with Crippen LogP contribution in [0.5, 0.6) is 5.75 Å². The van der Waals surface area contributed by atoms with E-state index in [1.807, 2.05) is 12.1 Å². The van der Waals surface area contributed by atoms with E-state index in [0.717, 1.165) is 32.2 Å². The number of para-hydroxylation sites is 1. The van der Waals surface area contributed by atoms with Crippen molar-refractivity contribution in [3.63, 3.8) is 0 Å². The monoisotopic (exact) mass is 323 g/mol. The van der Waals surface area contributed by atoms with E-state index in [-0.39, 0.29) is 5.75 Å². The number of hydrogen-bond acceptors (Lipinski definition) is 4. The lowest BCUT2D eigenvalue weighted by molar-refractivity contribution is -0.147. The zero-order valence-electron chi connectivity index (χ0n) is 14.8. The Morgan fingerprint density at radius 2 is 1.78 bits per heavy atom. The van der Waals surface area contributed by atoms with Crippen LogP contribution in [0.15, 0.2) is 24.3 Å². The van der Waals surface area contributed by atoms with Crippen LogP contribution in [0.1, 0.15) is 64.9 Å². The minimum absolute atomic E-state index is 0.144. The highest BCUT2D eigenvalue weighted by atomic mass is 16.5. The van der Waals surface area contributed by atoms with E-state index >= 15 is 0 Å². The average Bonchev–Trinajstić information content (AvgIpc) is 2.53. The summed E-state index contributed by atoms with van der Waals surface area (Å²) in [5.41, 5.74) is -0.464. The quantitative estimate of drug-likeness (QED) is 0.403. The van der Waals surface area contributed by atoms with Crippen molar-refractivity contribution in [1.29, 1.82) is 0 Å². The maximum absolute atomic E-state index is 10.4. The Kier molecular flexibility index (Phi) is 9.22. The lowest BCUT2D eigenvalue weighted by Gasteiger charge is -2.38. The van der Waals surface area contributed by atoms with E-state index in [0.29, 0.717) is 12.2 Å². The average molecular weight is 323 g/mol. The molecule has 4 nitrogen and oxygen atoms in total. The molecule has 4 heteroatoms. The van der Waals surface area contributed by atoms with Gasteiger partial charge in [-0.05, 0) is 32.4 Å². The number of benzene rings is 1. The Labute approximate surface area is 140 Å². The molecule has 0 spiro atoms. The summed E-state index contributed by atoms with van der Waals surface area (Å²) in [4.78, 5) is 0. The lowest BCUT2D eigenvalue weighted by Crippen LogP contribution is -2.53. The van der Waals surface area contributed by atoms with E-state index in [4.69, 9.17) is 4.74 Å². The second-order valence-electron chi connectivity index (χ2n) is 6.12. The molecular weight excluding hydrogens is 290 g/mol. The Hall–Kier alpha value is -1.10. The van der Waals surface area contributed by atoms with Crippen molar-refractivity contribution < 1.29 is 14.9 Å². The van der Waals surface area contributed by atoms with Gasteiger partial charge in [0.25, 0.3) is 0 Å². The molecule has 2 atom stereocenters. The van der Waals surface area contributed by atoms with Gasteiger partial charge in [0.15, 0.2) is 5.72 Å². The molecule has 1 rings (SSSR count). The molecule has 0 aromatic heterocycles. The maximum Gasteiger partial charge on any atom is 0.174 e. The van der Waals surface area contributed by atoms with Gasteiger partial charge in [-0.3, -0.25) is 5.32 Å². The fourth-order valence-corrected chi connectivity index (χ4v) is 2.71. The molecule has 0 amide bonds. The minimum atomic E-state index is -1.06. The van der Waals surface area contributed by atoms with Crippen LogP contribution < -0.4 is 5.32 Å². The van der Waals surface area contributed by atoms with Crippen LogP contribution in [-0.4, -0.2) is 29.5 Å². The summed E-state index contributed by atoms with van der Waals surface area (Å²) < 4.78 is 6.08. The standard InChI is InChI=1S/C19H33NO3/c1-4-6-8-11-14-20-19(16(3)21,23-15-7-5-2)17-12-9-10-13-18(17)22/h9-10,12-13,16,20-22H,4-8,11,14-15H2,1-3H3. The summed E-state index contributed by atoms with van der Waals surface area (Å²) in [7, 11) is 0. The van der Waals surface area contributed by atoms with Crippen LogP contribution in [0.4, 0.5) is 0 Å². The molecule has 0 heterocycles. The van der Waals surface area contributed by atoms with E-state index in [1.54, 1.807) is 19.1 Å². The summed E-state index contributed by atoms with van der Waals surface area (Å²) in [6.07, 6.45) is 5.72. The number of aliphatic hydroxyl groups excluding tert-OH is 1. The third-order valence-electron chi connectivity index (χ3n) is 4.14. The van der Waals surface area contributed by atoms with Crippen LogP contribution >= 0.6 is 0 Å². The second-order valence-corrected chi connectivity index (χ2v) is 6.12. The summed E-state index contributed by atoms with van der Waals surface area (Å²) in [5.74, 6) is 0.144. The Balaban J connectivity index is 2.93. The van der Waals surface area contributed by atoms with E-state index in [2.05, 4.69) is 19.2 Å². The van der Waals surface area contributed by atoms with Crippen molar-refractivity contribution in [2.75, 3.05) is 13.2 Å². The van der Waals surface area contributed by atoms with Crippen molar-refractivity contribution in [2.45, 2.75) is 71.1 Å². The zero-order valence-corrected chi connectivity index (χ0v) is 14.8. The Bertz CT molecular complexity index is 436. The van der Waals surface area contributed by atoms with Crippen molar-refractivity contribution in [2.24, 2.45) is 0 Å². The molecule has 0 aliphatic carbocycles. The van der Waals surface area contributed by atoms with Crippen LogP contribution in [0, 0.1) is 0 Å². The number of unbranched alkanes of at least 4 members (excludes halogenated alkanes) is 4. The summed E-state index contributed by atoms with van der Waals surface area (Å²) >= 11 is 0. The van der Waals surface area contributed by atoms with Crippen LogP contribution in [0.3, 0.4) is 0 Å². The predicted molar refractivity (Wildman–Crippen MR) is 94.5 cm³/mol. The first-order valence-corrected chi connectivity index (χ1v) is 8.94. The Morgan fingerprint density at radius 3 is 2.39 bits per heavy atom. The van der Waals surface area contributed by atoms with Crippen molar-refractivity contribution in [1.82, 2.24) is 5.32 Å². The van der Waals surface area contributed by atoms with Crippen molar-refractivity contribution in [3.8, 4) is 5.75 Å². The van der Waals surface area contributed by atoms with Crippen LogP contribution in [0.2, 0.25) is 0 Å². The predicted octanol–water partition coefficient (Wildman–Crippen LogP) is 3.91. The summed E-state index contributed by atoms with van der Waals surface area (Å²) in [5, 5.41) is 24.1. The van der Waals surface area contributed by atoms with Crippen molar-refractivity contribution in [3.05, 3.63) is 29.8 Å². The molecule has 0 radical (unpaired) electrons. The molecule has 1 aromatic carbocycles. The fraction of sp³-hybridized carbons (Fsp3) is 0.684. The smallest absolute Gasteiger partial charge is 0.174 e. The van der Waals surface area contributed by atoms with Gasteiger partial charge in [0, 0.05) is 12.2 Å². The highest BCUT2D eigenvalue weighted by molar-refractivity contribution is 5.37. The van der Waals surface area contributed by atoms with Gasteiger partial charge in [0.2, 0.25) is 0 Å². The second kappa shape index (κ2) is 10.6. The minimum Gasteiger partial charge on any atom is -0.508 e.